The van der Waals surface area contributed by atoms with Crippen LogP contribution in [0.25, 0.3) is 0 Å². The maximum Gasteiger partial charge on any atom is 0.0465 e. The first-order valence-corrected chi connectivity index (χ1v) is 7.80. The molecule has 0 aliphatic rings. The fourth-order valence-electron chi connectivity index (χ4n) is 2.44. The lowest BCUT2D eigenvalue weighted by atomic mass is 9.92. The smallest absolute Gasteiger partial charge is 0.0465 e. The Morgan fingerprint density at radius 2 is 1.75 bits per heavy atom. The summed E-state index contributed by atoms with van der Waals surface area (Å²) in [5.41, 5.74) is 5.20. The van der Waals surface area contributed by atoms with E-state index in [9.17, 15) is 5.11 Å². The van der Waals surface area contributed by atoms with Gasteiger partial charge in [0.1, 0.15) is 0 Å². The van der Waals surface area contributed by atoms with Gasteiger partial charge in [-0.3, -0.25) is 0 Å². The number of aryl methyl sites for hydroxylation is 2. The molecule has 1 N–H and O–H groups in total. The summed E-state index contributed by atoms with van der Waals surface area (Å²) in [7, 11) is 0. The molecule has 0 amide bonds. The van der Waals surface area contributed by atoms with Gasteiger partial charge in [-0.2, -0.15) is 0 Å². The fraction of sp³-hybridized carbons (Fsp3) is 0.333. The van der Waals surface area contributed by atoms with Crippen molar-refractivity contribution in [3.63, 3.8) is 0 Å². The van der Waals surface area contributed by atoms with Crippen LogP contribution in [0.1, 0.15) is 22.3 Å². The predicted molar refractivity (Wildman–Crippen MR) is 88.0 cm³/mol. The number of aliphatic hydroxyl groups is 1. The van der Waals surface area contributed by atoms with Gasteiger partial charge in [-0.05, 0) is 60.9 Å². The molecular formula is C18H21BrO. The Kier molecular flexibility index (Phi) is 5.38. The van der Waals surface area contributed by atoms with Crippen molar-refractivity contribution in [1.29, 1.82) is 0 Å². The Labute approximate surface area is 129 Å². The van der Waals surface area contributed by atoms with E-state index in [0.29, 0.717) is 0 Å². The average molecular weight is 333 g/mol. The molecule has 0 aliphatic heterocycles. The van der Waals surface area contributed by atoms with Crippen LogP contribution in [0, 0.1) is 19.8 Å². The van der Waals surface area contributed by atoms with E-state index in [1.54, 1.807) is 0 Å². The minimum absolute atomic E-state index is 0.217. The van der Waals surface area contributed by atoms with Crippen molar-refractivity contribution < 1.29 is 5.11 Å². The van der Waals surface area contributed by atoms with Crippen LogP contribution in [0.5, 0.6) is 0 Å². The van der Waals surface area contributed by atoms with Crippen molar-refractivity contribution in [2.24, 2.45) is 5.92 Å². The largest absolute Gasteiger partial charge is 0.396 e. The zero-order chi connectivity index (χ0) is 14.5. The highest BCUT2D eigenvalue weighted by molar-refractivity contribution is 9.10. The molecule has 0 fully saturated rings. The van der Waals surface area contributed by atoms with E-state index in [4.69, 9.17) is 0 Å². The van der Waals surface area contributed by atoms with Gasteiger partial charge in [0.05, 0.1) is 0 Å². The number of aliphatic hydroxyl groups excluding tert-OH is 1. The maximum absolute atomic E-state index is 9.65. The van der Waals surface area contributed by atoms with Gasteiger partial charge in [0, 0.05) is 11.1 Å². The first-order valence-electron chi connectivity index (χ1n) is 7.00. The van der Waals surface area contributed by atoms with E-state index in [2.05, 4.69) is 60.1 Å². The molecule has 0 bridgehead atoms. The maximum atomic E-state index is 9.65. The summed E-state index contributed by atoms with van der Waals surface area (Å²) in [6.07, 6.45) is 1.81. The van der Waals surface area contributed by atoms with Crippen LogP contribution in [0.4, 0.5) is 0 Å². The Morgan fingerprint density at radius 1 is 1.00 bits per heavy atom. The Balaban J connectivity index is 2.09. The molecule has 2 aromatic rings. The van der Waals surface area contributed by atoms with Crippen LogP contribution in [0.15, 0.2) is 46.9 Å². The molecule has 20 heavy (non-hydrogen) atoms. The van der Waals surface area contributed by atoms with Crippen LogP contribution in [-0.4, -0.2) is 11.7 Å². The number of hydrogen-bond donors (Lipinski definition) is 1. The zero-order valence-electron chi connectivity index (χ0n) is 12.1. The summed E-state index contributed by atoms with van der Waals surface area (Å²) in [5.74, 6) is 0.260. The number of rotatable bonds is 5. The third-order valence-corrected chi connectivity index (χ3v) is 4.59. The molecule has 1 nitrogen and oxygen atoms in total. The lowest BCUT2D eigenvalue weighted by Crippen LogP contribution is -2.13. The Morgan fingerprint density at radius 3 is 2.40 bits per heavy atom. The second-order valence-corrected chi connectivity index (χ2v) is 6.32. The van der Waals surface area contributed by atoms with E-state index in [1.165, 1.54) is 22.3 Å². The third-order valence-electron chi connectivity index (χ3n) is 3.82. The molecule has 0 aromatic heterocycles. The van der Waals surface area contributed by atoms with Crippen molar-refractivity contribution in [3.8, 4) is 0 Å². The highest BCUT2D eigenvalue weighted by atomic mass is 79.9. The van der Waals surface area contributed by atoms with Crippen molar-refractivity contribution in [2.45, 2.75) is 26.7 Å². The number of halogens is 1. The summed E-state index contributed by atoms with van der Waals surface area (Å²) in [6, 6.07) is 14.8. The van der Waals surface area contributed by atoms with Gasteiger partial charge in [-0.15, -0.1) is 0 Å². The highest BCUT2D eigenvalue weighted by Crippen LogP contribution is 2.22. The van der Waals surface area contributed by atoms with E-state index in [0.717, 1.165) is 17.3 Å². The van der Waals surface area contributed by atoms with Gasteiger partial charge in [0.2, 0.25) is 0 Å². The van der Waals surface area contributed by atoms with Crippen molar-refractivity contribution in [1.82, 2.24) is 0 Å². The fourth-order valence-corrected chi connectivity index (χ4v) is 2.89. The van der Waals surface area contributed by atoms with Gasteiger partial charge in [0.15, 0.2) is 0 Å². The van der Waals surface area contributed by atoms with E-state index < -0.39 is 0 Å². The molecular weight excluding hydrogens is 312 g/mol. The molecule has 0 radical (unpaired) electrons. The molecule has 0 aliphatic carbocycles. The number of hydrogen-bond acceptors (Lipinski definition) is 1. The molecule has 0 saturated heterocycles. The first-order chi connectivity index (χ1) is 9.60. The molecule has 2 aromatic carbocycles. The first kappa shape index (κ1) is 15.3. The van der Waals surface area contributed by atoms with Gasteiger partial charge in [0.25, 0.3) is 0 Å². The number of benzene rings is 2. The molecule has 2 rings (SSSR count). The van der Waals surface area contributed by atoms with Crippen LogP contribution in [-0.2, 0) is 12.8 Å². The second-order valence-electron chi connectivity index (χ2n) is 5.47. The topological polar surface area (TPSA) is 20.2 Å². The van der Waals surface area contributed by atoms with Crippen LogP contribution < -0.4 is 0 Å². The SMILES string of the molecule is Cc1ccc(CC(CO)Cc2ccccc2Br)cc1C. The molecule has 2 heteroatoms. The molecule has 1 atom stereocenters. The average Bonchev–Trinajstić information content (AvgIpc) is 2.44. The molecule has 0 saturated carbocycles. The lowest BCUT2D eigenvalue weighted by Gasteiger charge is -2.16. The summed E-state index contributed by atoms with van der Waals surface area (Å²) >= 11 is 3.58. The van der Waals surface area contributed by atoms with Gasteiger partial charge >= 0.3 is 0 Å². The second kappa shape index (κ2) is 7.05. The van der Waals surface area contributed by atoms with Gasteiger partial charge in [-0.1, -0.05) is 52.3 Å². The molecule has 0 heterocycles. The summed E-state index contributed by atoms with van der Waals surface area (Å²) in [6.45, 7) is 4.48. The van der Waals surface area contributed by atoms with Crippen LogP contribution in [0.3, 0.4) is 0 Å². The third kappa shape index (κ3) is 3.94. The monoisotopic (exact) mass is 332 g/mol. The van der Waals surface area contributed by atoms with E-state index in [1.807, 2.05) is 12.1 Å². The molecule has 106 valence electrons. The Bertz CT molecular complexity index is 577. The van der Waals surface area contributed by atoms with E-state index >= 15 is 0 Å². The summed E-state index contributed by atoms with van der Waals surface area (Å²) in [4.78, 5) is 0. The highest BCUT2D eigenvalue weighted by Gasteiger charge is 2.12. The lowest BCUT2D eigenvalue weighted by molar-refractivity contribution is 0.225. The minimum Gasteiger partial charge on any atom is -0.396 e. The summed E-state index contributed by atoms with van der Waals surface area (Å²) < 4.78 is 1.12. The summed E-state index contributed by atoms with van der Waals surface area (Å²) in [5, 5.41) is 9.65. The standard InChI is InChI=1S/C18H21BrO/c1-13-7-8-15(9-14(13)2)10-16(12-20)11-17-5-3-4-6-18(17)19/h3-9,16,20H,10-12H2,1-2H3. The Hall–Kier alpha value is -1.12. The van der Waals surface area contributed by atoms with Crippen molar-refractivity contribution in [2.75, 3.05) is 6.61 Å². The normalized spacial score (nSPS) is 12.4. The van der Waals surface area contributed by atoms with Gasteiger partial charge in [-0.25, -0.2) is 0 Å². The van der Waals surface area contributed by atoms with Crippen molar-refractivity contribution in [3.05, 3.63) is 69.2 Å². The van der Waals surface area contributed by atoms with Crippen LogP contribution in [0.2, 0.25) is 0 Å². The molecule has 0 spiro atoms. The quantitative estimate of drug-likeness (QED) is 0.856. The van der Waals surface area contributed by atoms with Crippen LogP contribution >= 0.6 is 15.9 Å². The zero-order valence-corrected chi connectivity index (χ0v) is 13.7. The van der Waals surface area contributed by atoms with Crippen molar-refractivity contribution >= 4 is 15.9 Å². The van der Waals surface area contributed by atoms with Gasteiger partial charge < -0.3 is 5.11 Å². The van der Waals surface area contributed by atoms with E-state index in [-0.39, 0.29) is 12.5 Å². The minimum atomic E-state index is 0.217. The predicted octanol–water partition coefficient (Wildman–Crippen LogP) is 4.46. The molecule has 1 unspecified atom stereocenters.